The summed E-state index contributed by atoms with van der Waals surface area (Å²) in [6.07, 6.45) is 0. The van der Waals surface area contributed by atoms with E-state index in [1.807, 2.05) is 0 Å². The zero-order chi connectivity index (χ0) is 14.0. The normalized spacial score (nSPS) is 10.2. The van der Waals surface area contributed by atoms with Crippen LogP contribution >= 0.6 is 31.9 Å². The van der Waals surface area contributed by atoms with Crippen LogP contribution in [0.25, 0.3) is 0 Å². The van der Waals surface area contributed by atoms with Gasteiger partial charge in [0.25, 0.3) is 5.69 Å². The van der Waals surface area contributed by atoms with E-state index in [0.717, 1.165) is 4.47 Å². The van der Waals surface area contributed by atoms with E-state index in [-0.39, 0.29) is 17.4 Å². The van der Waals surface area contributed by atoms with Crippen molar-refractivity contribution >= 4 is 43.4 Å². The van der Waals surface area contributed by atoms with E-state index in [0.29, 0.717) is 10.2 Å². The van der Waals surface area contributed by atoms with Crippen LogP contribution in [0.15, 0.2) is 39.3 Å². The van der Waals surface area contributed by atoms with Crippen LogP contribution in [0.1, 0.15) is 0 Å². The summed E-state index contributed by atoms with van der Waals surface area (Å²) in [5.41, 5.74) is 5.33. The maximum Gasteiger partial charge on any atom is 0.278 e. The van der Waals surface area contributed by atoms with E-state index in [1.54, 1.807) is 18.2 Å². The molecule has 1 heterocycles. The number of nitro groups is 1. The van der Waals surface area contributed by atoms with Gasteiger partial charge in [0.2, 0.25) is 5.88 Å². The molecular weight excluding hydrogens is 382 g/mol. The highest BCUT2D eigenvalue weighted by Crippen LogP contribution is 2.32. The predicted octanol–water partition coefficient (Wildman–Crippen LogP) is 3.89. The molecule has 2 aromatic rings. The summed E-state index contributed by atoms with van der Waals surface area (Å²) in [5.74, 6) is 0.572. The Hall–Kier alpha value is -1.67. The molecule has 0 atom stereocenters. The molecule has 0 aliphatic rings. The summed E-state index contributed by atoms with van der Waals surface area (Å²) in [6.45, 7) is 0. The zero-order valence-corrected chi connectivity index (χ0v) is 12.5. The lowest BCUT2D eigenvalue weighted by Gasteiger charge is -2.07. The number of halogens is 2. The standard InChI is InChI=1S/C11H7Br2N3O3/c12-6-1-2-9(8(13)3-6)19-11-5-7(16(17)18)4-10(14)15-11/h1-5H,(H2,14,15). The van der Waals surface area contributed by atoms with Gasteiger partial charge in [0.1, 0.15) is 11.6 Å². The van der Waals surface area contributed by atoms with Crippen LogP contribution < -0.4 is 10.5 Å². The highest BCUT2D eigenvalue weighted by molar-refractivity contribution is 9.11. The Kier molecular flexibility index (Phi) is 4.01. The monoisotopic (exact) mass is 387 g/mol. The molecular formula is C11H7Br2N3O3. The van der Waals surface area contributed by atoms with Gasteiger partial charge < -0.3 is 10.5 Å². The molecule has 8 heteroatoms. The fourth-order valence-corrected chi connectivity index (χ4v) is 2.47. The highest BCUT2D eigenvalue weighted by atomic mass is 79.9. The molecule has 1 aromatic heterocycles. The second-order valence-corrected chi connectivity index (χ2v) is 5.29. The van der Waals surface area contributed by atoms with Crippen LogP contribution in [0.4, 0.5) is 11.5 Å². The van der Waals surface area contributed by atoms with Crippen molar-refractivity contribution in [2.75, 3.05) is 5.73 Å². The van der Waals surface area contributed by atoms with Gasteiger partial charge >= 0.3 is 0 Å². The van der Waals surface area contributed by atoms with Gasteiger partial charge in [0.05, 0.1) is 21.5 Å². The SMILES string of the molecule is Nc1cc([N+](=O)[O-])cc(Oc2ccc(Br)cc2Br)n1. The van der Waals surface area contributed by atoms with Crippen LogP contribution in [-0.2, 0) is 0 Å². The second-order valence-electron chi connectivity index (χ2n) is 3.52. The van der Waals surface area contributed by atoms with Crippen LogP contribution in [0.5, 0.6) is 11.6 Å². The number of anilines is 1. The Morgan fingerprint density at radius 1 is 1.26 bits per heavy atom. The van der Waals surface area contributed by atoms with E-state index in [2.05, 4.69) is 36.8 Å². The third-order valence-corrected chi connectivity index (χ3v) is 3.24. The smallest absolute Gasteiger partial charge is 0.278 e. The average molecular weight is 389 g/mol. The van der Waals surface area contributed by atoms with Gasteiger partial charge in [-0.25, -0.2) is 0 Å². The fourth-order valence-electron chi connectivity index (χ4n) is 1.34. The van der Waals surface area contributed by atoms with Crippen molar-refractivity contribution in [3.8, 4) is 11.6 Å². The zero-order valence-electron chi connectivity index (χ0n) is 9.34. The molecule has 0 saturated heterocycles. The third-order valence-electron chi connectivity index (χ3n) is 2.13. The molecule has 1 aromatic carbocycles. The first kappa shape index (κ1) is 13.8. The van der Waals surface area contributed by atoms with Crippen molar-refractivity contribution in [3.63, 3.8) is 0 Å². The van der Waals surface area contributed by atoms with E-state index in [1.165, 1.54) is 12.1 Å². The minimum Gasteiger partial charge on any atom is -0.438 e. The molecule has 0 spiro atoms. The second kappa shape index (κ2) is 5.54. The van der Waals surface area contributed by atoms with Gasteiger partial charge in [-0.2, -0.15) is 4.98 Å². The average Bonchev–Trinajstić information content (AvgIpc) is 2.32. The highest BCUT2D eigenvalue weighted by Gasteiger charge is 2.12. The van der Waals surface area contributed by atoms with Gasteiger partial charge in [-0.05, 0) is 34.1 Å². The van der Waals surface area contributed by atoms with E-state index >= 15 is 0 Å². The molecule has 0 saturated carbocycles. The summed E-state index contributed by atoms with van der Waals surface area (Å²) in [5, 5.41) is 10.7. The summed E-state index contributed by atoms with van der Waals surface area (Å²) in [6, 6.07) is 7.65. The maximum absolute atomic E-state index is 10.7. The maximum atomic E-state index is 10.7. The topological polar surface area (TPSA) is 91.3 Å². The van der Waals surface area contributed by atoms with Crippen LogP contribution in [-0.4, -0.2) is 9.91 Å². The van der Waals surface area contributed by atoms with Crippen LogP contribution in [0.2, 0.25) is 0 Å². The number of pyridine rings is 1. The van der Waals surface area contributed by atoms with Crippen LogP contribution in [0, 0.1) is 10.1 Å². The first-order valence-corrected chi connectivity index (χ1v) is 6.59. The van der Waals surface area contributed by atoms with Crippen LogP contribution in [0.3, 0.4) is 0 Å². The largest absolute Gasteiger partial charge is 0.438 e. The van der Waals surface area contributed by atoms with Gasteiger partial charge in [-0.3, -0.25) is 10.1 Å². The third kappa shape index (κ3) is 3.42. The van der Waals surface area contributed by atoms with Gasteiger partial charge in [0, 0.05) is 4.47 Å². The molecule has 0 amide bonds. The summed E-state index contributed by atoms with van der Waals surface area (Å²) < 4.78 is 7.03. The molecule has 0 aliphatic carbocycles. The Balaban J connectivity index is 2.35. The number of nitrogen functional groups attached to an aromatic ring is 1. The molecule has 0 unspecified atom stereocenters. The molecule has 2 rings (SSSR count). The molecule has 19 heavy (non-hydrogen) atoms. The number of nitrogens with zero attached hydrogens (tertiary/aromatic N) is 2. The molecule has 2 N–H and O–H groups in total. The number of rotatable bonds is 3. The number of aromatic nitrogens is 1. The Morgan fingerprint density at radius 2 is 2.00 bits per heavy atom. The lowest BCUT2D eigenvalue weighted by Crippen LogP contribution is -1.97. The first-order valence-electron chi connectivity index (χ1n) is 5.00. The number of hydrogen-bond acceptors (Lipinski definition) is 5. The Morgan fingerprint density at radius 3 is 2.63 bits per heavy atom. The molecule has 0 radical (unpaired) electrons. The molecule has 0 aliphatic heterocycles. The lowest BCUT2D eigenvalue weighted by molar-refractivity contribution is -0.384. The predicted molar refractivity (Wildman–Crippen MR) is 77.2 cm³/mol. The van der Waals surface area contributed by atoms with E-state index < -0.39 is 4.92 Å². The fraction of sp³-hybridized carbons (Fsp3) is 0. The van der Waals surface area contributed by atoms with Gasteiger partial charge in [-0.1, -0.05) is 15.9 Å². The van der Waals surface area contributed by atoms with Crippen molar-refractivity contribution in [1.82, 2.24) is 4.98 Å². The lowest BCUT2D eigenvalue weighted by atomic mass is 10.3. The molecule has 98 valence electrons. The minimum absolute atomic E-state index is 0.0254. The Labute approximate surface area is 125 Å². The summed E-state index contributed by atoms with van der Waals surface area (Å²) >= 11 is 6.64. The number of ether oxygens (including phenoxy) is 1. The minimum atomic E-state index is -0.554. The molecule has 6 nitrogen and oxygen atoms in total. The summed E-state index contributed by atoms with van der Waals surface area (Å²) in [4.78, 5) is 14.1. The van der Waals surface area contributed by atoms with E-state index in [4.69, 9.17) is 10.5 Å². The number of nitrogens with two attached hydrogens (primary N) is 1. The quantitative estimate of drug-likeness (QED) is 0.636. The summed E-state index contributed by atoms with van der Waals surface area (Å²) in [7, 11) is 0. The molecule has 0 fully saturated rings. The van der Waals surface area contributed by atoms with Gasteiger partial charge in [0.15, 0.2) is 0 Å². The van der Waals surface area contributed by atoms with Crippen molar-refractivity contribution in [2.45, 2.75) is 0 Å². The van der Waals surface area contributed by atoms with E-state index in [9.17, 15) is 10.1 Å². The van der Waals surface area contributed by atoms with Gasteiger partial charge in [-0.15, -0.1) is 0 Å². The first-order chi connectivity index (χ1) is 8.95. The molecule has 0 bridgehead atoms. The Bertz CT molecular complexity index is 649. The van der Waals surface area contributed by atoms with Crippen molar-refractivity contribution < 1.29 is 9.66 Å². The van der Waals surface area contributed by atoms with Crippen molar-refractivity contribution in [1.29, 1.82) is 0 Å². The number of benzene rings is 1. The van der Waals surface area contributed by atoms with Crippen molar-refractivity contribution in [3.05, 3.63) is 49.4 Å². The number of hydrogen-bond donors (Lipinski definition) is 1. The van der Waals surface area contributed by atoms with Crippen molar-refractivity contribution in [2.24, 2.45) is 0 Å².